The van der Waals surface area contributed by atoms with Crippen LogP contribution in [0.3, 0.4) is 0 Å². The van der Waals surface area contributed by atoms with Crippen LogP contribution in [-0.2, 0) is 7.05 Å². The van der Waals surface area contributed by atoms with E-state index in [1.165, 1.54) is 4.57 Å². The zero-order chi connectivity index (χ0) is 22.0. The van der Waals surface area contributed by atoms with Crippen LogP contribution in [-0.4, -0.2) is 26.7 Å². The number of oxazole rings is 1. The highest BCUT2D eigenvalue weighted by atomic mass is 16.4. The number of rotatable bonds is 7. The van der Waals surface area contributed by atoms with Gasteiger partial charge in [0.1, 0.15) is 5.52 Å². The fraction of sp³-hybridized carbons (Fsp3) is 0.208. The van der Waals surface area contributed by atoms with Crippen molar-refractivity contribution in [2.75, 3.05) is 11.9 Å². The minimum atomic E-state index is -0.565. The molecule has 2 heterocycles. The van der Waals surface area contributed by atoms with Crippen LogP contribution >= 0.6 is 0 Å². The Kier molecular flexibility index (Phi) is 5.58. The highest BCUT2D eigenvalue weighted by molar-refractivity contribution is 5.76. The van der Waals surface area contributed by atoms with Crippen molar-refractivity contribution in [1.29, 1.82) is 0 Å². The van der Waals surface area contributed by atoms with Gasteiger partial charge in [0.15, 0.2) is 11.3 Å². The molecule has 31 heavy (non-hydrogen) atoms. The monoisotopic (exact) mass is 416 g/mol. The Morgan fingerprint density at radius 2 is 1.87 bits per heavy atom. The lowest BCUT2D eigenvalue weighted by molar-refractivity contribution is 0.454. The standard InChI is InChI=1S/C24H24N4O3/c1-4-5-14-18(16-11-7-6-8-12-16)27(2)24-26-20(21(29)23(30)28(24)3)22-25-17-13-9-10-15-19(17)31-22/h4,6-13,15,18,29H,1,5,14H2,2-3H3. The fourth-order valence-electron chi connectivity index (χ4n) is 3.69. The van der Waals surface area contributed by atoms with Crippen molar-refractivity contribution in [1.82, 2.24) is 14.5 Å². The lowest BCUT2D eigenvalue weighted by Gasteiger charge is -2.30. The number of para-hydroxylation sites is 2. The Balaban J connectivity index is 1.83. The Labute approximate surface area is 179 Å². The maximum Gasteiger partial charge on any atom is 0.297 e. The summed E-state index contributed by atoms with van der Waals surface area (Å²) in [6.45, 7) is 3.83. The van der Waals surface area contributed by atoms with Crippen LogP contribution in [0.15, 0.2) is 76.5 Å². The van der Waals surface area contributed by atoms with E-state index < -0.39 is 11.3 Å². The molecule has 0 radical (unpaired) electrons. The molecule has 0 saturated carbocycles. The van der Waals surface area contributed by atoms with Crippen molar-refractivity contribution in [3.63, 3.8) is 0 Å². The number of aromatic hydroxyl groups is 1. The van der Waals surface area contributed by atoms with Gasteiger partial charge in [0.2, 0.25) is 11.7 Å². The van der Waals surface area contributed by atoms with Crippen LogP contribution in [0, 0.1) is 0 Å². The molecule has 158 valence electrons. The van der Waals surface area contributed by atoms with E-state index in [-0.39, 0.29) is 17.6 Å². The van der Waals surface area contributed by atoms with Gasteiger partial charge >= 0.3 is 0 Å². The maximum absolute atomic E-state index is 12.8. The smallest absolute Gasteiger partial charge is 0.297 e. The van der Waals surface area contributed by atoms with Gasteiger partial charge in [-0.3, -0.25) is 9.36 Å². The molecular weight excluding hydrogens is 392 g/mol. The molecule has 0 aliphatic heterocycles. The summed E-state index contributed by atoms with van der Waals surface area (Å²) in [5, 5.41) is 10.5. The molecule has 4 rings (SSSR count). The number of allylic oxidation sites excluding steroid dienone is 1. The molecule has 1 N–H and O–H groups in total. The maximum atomic E-state index is 12.8. The van der Waals surface area contributed by atoms with Gasteiger partial charge < -0.3 is 14.4 Å². The first-order valence-electron chi connectivity index (χ1n) is 10.1. The third-order valence-corrected chi connectivity index (χ3v) is 5.35. The van der Waals surface area contributed by atoms with Crippen molar-refractivity contribution in [2.24, 2.45) is 7.05 Å². The third kappa shape index (κ3) is 3.82. The molecule has 7 nitrogen and oxygen atoms in total. The summed E-state index contributed by atoms with van der Waals surface area (Å²) < 4.78 is 7.10. The third-order valence-electron chi connectivity index (χ3n) is 5.35. The van der Waals surface area contributed by atoms with Gasteiger partial charge in [-0.05, 0) is 30.5 Å². The minimum Gasteiger partial charge on any atom is -0.501 e. The normalized spacial score (nSPS) is 12.1. The van der Waals surface area contributed by atoms with Crippen LogP contribution in [0.4, 0.5) is 5.95 Å². The topological polar surface area (TPSA) is 84.4 Å². The Morgan fingerprint density at radius 1 is 1.16 bits per heavy atom. The second-order valence-electron chi connectivity index (χ2n) is 7.36. The number of hydrogen-bond acceptors (Lipinski definition) is 6. The van der Waals surface area contributed by atoms with Crippen LogP contribution in [0.2, 0.25) is 0 Å². The molecule has 2 aromatic carbocycles. The molecule has 0 bridgehead atoms. The van der Waals surface area contributed by atoms with E-state index in [1.807, 2.05) is 60.5 Å². The largest absolute Gasteiger partial charge is 0.501 e. The number of anilines is 1. The zero-order valence-corrected chi connectivity index (χ0v) is 17.5. The van der Waals surface area contributed by atoms with E-state index >= 15 is 0 Å². The Bertz CT molecular complexity index is 1240. The first-order chi connectivity index (χ1) is 15.0. The minimum absolute atomic E-state index is 0.0247. The van der Waals surface area contributed by atoms with Crippen LogP contribution < -0.4 is 10.5 Å². The number of aromatic nitrogens is 3. The molecule has 1 atom stereocenters. The number of nitrogens with zero attached hydrogens (tertiary/aromatic N) is 4. The molecule has 0 spiro atoms. The second-order valence-corrected chi connectivity index (χ2v) is 7.36. The molecular formula is C24H24N4O3. The lowest BCUT2D eigenvalue weighted by Crippen LogP contribution is -2.32. The summed E-state index contributed by atoms with van der Waals surface area (Å²) in [6, 6.07) is 17.2. The number of hydrogen-bond donors (Lipinski definition) is 1. The first kappa shape index (κ1) is 20.4. The summed E-state index contributed by atoms with van der Waals surface area (Å²) in [6.07, 6.45) is 3.46. The number of fused-ring (bicyclic) bond motifs is 1. The van der Waals surface area contributed by atoms with Gasteiger partial charge in [-0.1, -0.05) is 48.5 Å². The molecule has 0 amide bonds. The van der Waals surface area contributed by atoms with E-state index in [4.69, 9.17) is 4.42 Å². The highest BCUT2D eigenvalue weighted by Crippen LogP contribution is 2.32. The first-order valence-corrected chi connectivity index (χ1v) is 10.1. The van der Waals surface area contributed by atoms with Crippen molar-refractivity contribution >= 4 is 17.0 Å². The zero-order valence-electron chi connectivity index (χ0n) is 17.5. The van der Waals surface area contributed by atoms with Crippen molar-refractivity contribution in [3.8, 4) is 17.3 Å². The van der Waals surface area contributed by atoms with Gasteiger partial charge in [0.05, 0.1) is 6.04 Å². The molecule has 7 heteroatoms. The van der Waals surface area contributed by atoms with Crippen molar-refractivity contribution in [2.45, 2.75) is 18.9 Å². The summed E-state index contributed by atoms with van der Waals surface area (Å²) >= 11 is 0. The highest BCUT2D eigenvalue weighted by Gasteiger charge is 2.25. The van der Waals surface area contributed by atoms with E-state index in [0.717, 1.165) is 18.4 Å². The molecule has 4 aromatic rings. The Morgan fingerprint density at radius 3 is 2.58 bits per heavy atom. The quantitative estimate of drug-likeness (QED) is 0.449. The fourth-order valence-corrected chi connectivity index (χ4v) is 3.69. The summed E-state index contributed by atoms with van der Waals surface area (Å²) in [5.41, 5.74) is 1.74. The molecule has 0 fully saturated rings. The van der Waals surface area contributed by atoms with Gasteiger partial charge in [-0.15, -0.1) is 6.58 Å². The van der Waals surface area contributed by atoms with E-state index in [0.29, 0.717) is 17.0 Å². The van der Waals surface area contributed by atoms with Crippen molar-refractivity contribution < 1.29 is 9.52 Å². The molecule has 0 aliphatic carbocycles. The van der Waals surface area contributed by atoms with E-state index in [2.05, 4.69) is 16.5 Å². The van der Waals surface area contributed by atoms with Gasteiger partial charge in [-0.2, -0.15) is 0 Å². The summed E-state index contributed by atoms with van der Waals surface area (Å²) in [7, 11) is 3.47. The SMILES string of the molecule is C=CCCC(c1ccccc1)N(C)c1nc(-c2nc3ccccc3o2)c(O)c(=O)n1C. The van der Waals surface area contributed by atoms with Gasteiger partial charge in [-0.25, -0.2) is 9.97 Å². The van der Waals surface area contributed by atoms with Gasteiger partial charge in [0, 0.05) is 14.1 Å². The molecule has 0 aliphatic rings. The Hall–Kier alpha value is -3.87. The average Bonchev–Trinajstić information content (AvgIpc) is 3.22. The van der Waals surface area contributed by atoms with Crippen LogP contribution in [0.25, 0.3) is 22.7 Å². The average molecular weight is 416 g/mol. The van der Waals surface area contributed by atoms with Gasteiger partial charge in [0.25, 0.3) is 11.4 Å². The van der Waals surface area contributed by atoms with Crippen LogP contribution in [0.1, 0.15) is 24.4 Å². The summed E-state index contributed by atoms with van der Waals surface area (Å²) in [4.78, 5) is 23.8. The van der Waals surface area contributed by atoms with Crippen molar-refractivity contribution in [3.05, 3.63) is 83.2 Å². The predicted molar refractivity (Wildman–Crippen MR) is 121 cm³/mol. The van der Waals surface area contributed by atoms with E-state index in [1.54, 1.807) is 19.2 Å². The second kappa shape index (κ2) is 8.47. The summed E-state index contributed by atoms with van der Waals surface area (Å²) in [5.74, 6) is 0.0138. The molecule has 2 aromatic heterocycles. The number of benzene rings is 2. The van der Waals surface area contributed by atoms with E-state index in [9.17, 15) is 9.90 Å². The predicted octanol–water partition coefficient (Wildman–Crippen LogP) is 4.44. The van der Waals surface area contributed by atoms with Crippen LogP contribution in [0.5, 0.6) is 5.75 Å². The molecule has 1 unspecified atom stereocenters. The lowest BCUT2D eigenvalue weighted by atomic mass is 10.0. The molecule has 0 saturated heterocycles.